The second-order valence-electron chi connectivity index (χ2n) is 4.75. The topological polar surface area (TPSA) is 59.9 Å². The van der Waals surface area contributed by atoms with Crippen LogP contribution in [0.15, 0.2) is 46.4 Å². The van der Waals surface area contributed by atoms with Crippen molar-refractivity contribution in [2.75, 3.05) is 20.0 Å². The number of hydrogen-bond donors (Lipinski definition) is 1. The number of nitrogens with zero attached hydrogens (tertiary/aromatic N) is 1. The predicted molar refractivity (Wildman–Crippen MR) is 97.4 cm³/mol. The van der Waals surface area contributed by atoms with Gasteiger partial charge in [0.25, 0.3) is 0 Å². The van der Waals surface area contributed by atoms with Gasteiger partial charge in [0.05, 0.1) is 31.2 Å². The molecule has 0 spiro atoms. The zero-order valence-corrected chi connectivity index (χ0v) is 15.2. The molecule has 1 N–H and O–H groups in total. The average molecular weight is 383 g/mol. The standard InChI is InChI=1S/C17H16ClFN2O3S/c1-23-14-8-11(7-12(18)17(14)24-2)9-20-21-16(22)10-25-15-6-4-3-5-13(15)19/h3-9H,10H2,1-2H3,(H,21,22)/b20-9-. The average Bonchev–Trinajstić information content (AvgIpc) is 2.60. The van der Waals surface area contributed by atoms with Gasteiger partial charge in [-0.05, 0) is 29.8 Å². The molecule has 0 aliphatic carbocycles. The molecular formula is C17H16ClFN2O3S. The highest BCUT2D eigenvalue weighted by atomic mass is 35.5. The van der Waals surface area contributed by atoms with Crippen LogP contribution in [-0.4, -0.2) is 32.1 Å². The minimum atomic E-state index is -0.358. The van der Waals surface area contributed by atoms with Gasteiger partial charge in [0.2, 0.25) is 5.91 Å². The van der Waals surface area contributed by atoms with Crippen LogP contribution in [0.4, 0.5) is 4.39 Å². The third-order valence-corrected chi connectivity index (χ3v) is 4.38. The highest BCUT2D eigenvalue weighted by Crippen LogP contribution is 2.35. The number of methoxy groups -OCH3 is 2. The highest BCUT2D eigenvalue weighted by molar-refractivity contribution is 8.00. The summed E-state index contributed by atoms with van der Waals surface area (Å²) in [6, 6.07) is 9.57. The molecule has 5 nitrogen and oxygen atoms in total. The number of halogens is 2. The first-order valence-corrected chi connectivity index (χ1v) is 8.52. The normalized spacial score (nSPS) is 10.7. The van der Waals surface area contributed by atoms with Gasteiger partial charge < -0.3 is 9.47 Å². The van der Waals surface area contributed by atoms with Gasteiger partial charge in [-0.25, -0.2) is 9.82 Å². The number of hydrazone groups is 1. The number of amides is 1. The summed E-state index contributed by atoms with van der Waals surface area (Å²) in [6.45, 7) is 0. The quantitative estimate of drug-likeness (QED) is 0.450. The number of ether oxygens (including phenoxy) is 2. The first kappa shape index (κ1) is 19.1. The molecule has 0 aliphatic heterocycles. The number of nitrogens with one attached hydrogen (secondary N) is 1. The number of thioether (sulfide) groups is 1. The number of rotatable bonds is 7. The van der Waals surface area contributed by atoms with E-state index in [9.17, 15) is 9.18 Å². The Labute approximate surface area is 154 Å². The Bertz CT molecular complexity index is 786. The molecular weight excluding hydrogens is 367 g/mol. The third-order valence-electron chi connectivity index (χ3n) is 3.05. The van der Waals surface area contributed by atoms with Crippen molar-refractivity contribution in [3.05, 3.63) is 52.8 Å². The van der Waals surface area contributed by atoms with Crippen molar-refractivity contribution < 1.29 is 18.7 Å². The smallest absolute Gasteiger partial charge is 0.250 e. The Morgan fingerprint density at radius 2 is 2.08 bits per heavy atom. The first-order valence-electron chi connectivity index (χ1n) is 7.16. The van der Waals surface area contributed by atoms with Crippen molar-refractivity contribution in [2.45, 2.75) is 4.90 Å². The van der Waals surface area contributed by atoms with Gasteiger partial charge in [-0.2, -0.15) is 5.10 Å². The van der Waals surface area contributed by atoms with Gasteiger partial charge in [-0.1, -0.05) is 23.7 Å². The minimum absolute atomic E-state index is 0.0466. The molecule has 8 heteroatoms. The van der Waals surface area contributed by atoms with E-state index in [1.54, 1.807) is 30.3 Å². The highest BCUT2D eigenvalue weighted by Gasteiger charge is 2.10. The van der Waals surface area contributed by atoms with E-state index in [1.807, 2.05) is 0 Å². The fourth-order valence-electron chi connectivity index (χ4n) is 1.93. The summed E-state index contributed by atoms with van der Waals surface area (Å²) in [5.41, 5.74) is 3.01. The third kappa shape index (κ3) is 5.37. The van der Waals surface area contributed by atoms with Crippen molar-refractivity contribution in [1.82, 2.24) is 5.43 Å². The predicted octanol–water partition coefficient (Wildman–Crippen LogP) is 3.74. The summed E-state index contributed by atoms with van der Waals surface area (Å²) in [5, 5.41) is 4.23. The number of benzene rings is 2. The lowest BCUT2D eigenvalue weighted by molar-refractivity contribution is -0.118. The summed E-state index contributed by atoms with van der Waals surface area (Å²) in [4.78, 5) is 12.2. The molecule has 0 radical (unpaired) electrons. The van der Waals surface area contributed by atoms with Crippen molar-refractivity contribution in [3.8, 4) is 11.5 Å². The molecule has 2 rings (SSSR count). The molecule has 0 saturated carbocycles. The maximum atomic E-state index is 13.5. The van der Waals surface area contributed by atoms with Gasteiger partial charge >= 0.3 is 0 Å². The van der Waals surface area contributed by atoms with Crippen LogP contribution in [0.3, 0.4) is 0 Å². The molecule has 0 unspecified atom stereocenters. The molecule has 0 saturated heterocycles. The Morgan fingerprint density at radius 1 is 1.32 bits per heavy atom. The zero-order chi connectivity index (χ0) is 18.2. The van der Waals surface area contributed by atoms with E-state index in [-0.39, 0.29) is 17.5 Å². The van der Waals surface area contributed by atoms with E-state index >= 15 is 0 Å². The van der Waals surface area contributed by atoms with Gasteiger partial charge in [0.1, 0.15) is 5.82 Å². The summed E-state index contributed by atoms with van der Waals surface area (Å²) in [6.07, 6.45) is 1.43. The maximum Gasteiger partial charge on any atom is 0.250 e. The summed E-state index contributed by atoms with van der Waals surface area (Å²) in [7, 11) is 2.99. The maximum absolute atomic E-state index is 13.5. The fraction of sp³-hybridized carbons (Fsp3) is 0.176. The lowest BCUT2D eigenvalue weighted by Crippen LogP contribution is -2.19. The van der Waals surface area contributed by atoms with E-state index in [0.717, 1.165) is 11.8 Å². The van der Waals surface area contributed by atoms with Crippen LogP contribution >= 0.6 is 23.4 Å². The van der Waals surface area contributed by atoms with Gasteiger partial charge in [0.15, 0.2) is 11.5 Å². The molecule has 1 amide bonds. The molecule has 0 atom stereocenters. The Kier molecular flexibility index (Phi) is 7.09. The van der Waals surface area contributed by atoms with Crippen LogP contribution in [0.25, 0.3) is 0 Å². The largest absolute Gasteiger partial charge is 0.493 e. The molecule has 25 heavy (non-hydrogen) atoms. The molecule has 2 aromatic rings. The number of hydrogen-bond acceptors (Lipinski definition) is 5. The Morgan fingerprint density at radius 3 is 2.76 bits per heavy atom. The molecule has 0 aliphatic rings. The van der Waals surface area contributed by atoms with Crippen LogP contribution in [0.1, 0.15) is 5.56 Å². The lowest BCUT2D eigenvalue weighted by Gasteiger charge is -2.09. The number of carbonyl (C=O) groups is 1. The van der Waals surface area contributed by atoms with Crippen LogP contribution in [0.5, 0.6) is 11.5 Å². The van der Waals surface area contributed by atoms with Crippen LogP contribution < -0.4 is 14.9 Å². The molecule has 0 bridgehead atoms. The van der Waals surface area contributed by atoms with E-state index in [1.165, 1.54) is 26.5 Å². The molecule has 0 fully saturated rings. The fourth-order valence-corrected chi connectivity index (χ4v) is 2.96. The van der Waals surface area contributed by atoms with Gasteiger partial charge in [-0.15, -0.1) is 11.8 Å². The second kappa shape index (κ2) is 9.29. The van der Waals surface area contributed by atoms with Crippen molar-refractivity contribution in [2.24, 2.45) is 5.10 Å². The molecule has 2 aromatic carbocycles. The zero-order valence-electron chi connectivity index (χ0n) is 13.6. The van der Waals surface area contributed by atoms with Crippen LogP contribution in [-0.2, 0) is 4.79 Å². The van der Waals surface area contributed by atoms with Crippen molar-refractivity contribution >= 4 is 35.5 Å². The van der Waals surface area contributed by atoms with E-state index in [4.69, 9.17) is 21.1 Å². The summed E-state index contributed by atoms with van der Waals surface area (Å²) in [5.74, 6) is 0.217. The Balaban J connectivity index is 1.93. The number of carbonyl (C=O) groups excluding carboxylic acids is 1. The van der Waals surface area contributed by atoms with Crippen LogP contribution in [0.2, 0.25) is 5.02 Å². The molecule has 0 heterocycles. The van der Waals surface area contributed by atoms with Gasteiger partial charge in [-0.3, -0.25) is 4.79 Å². The summed E-state index contributed by atoms with van der Waals surface area (Å²) >= 11 is 7.19. The van der Waals surface area contributed by atoms with E-state index in [2.05, 4.69) is 10.5 Å². The lowest BCUT2D eigenvalue weighted by atomic mass is 10.2. The second-order valence-corrected chi connectivity index (χ2v) is 6.17. The summed E-state index contributed by atoms with van der Waals surface area (Å²) < 4.78 is 23.8. The Hall–Kier alpha value is -2.25. The molecule has 0 aromatic heterocycles. The molecule has 132 valence electrons. The van der Waals surface area contributed by atoms with Crippen molar-refractivity contribution in [3.63, 3.8) is 0 Å². The minimum Gasteiger partial charge on any atom is -0.493 e. The van der Waals surface area contributed by atoms with E-state index in [0.29, 0.717) is 27.0 Å². The van der Waals surface area contributed by atoms with Gasteiger partial charge in [0, 0.05) is 4.90 Å². The first-order chi connectivity index (χ1) is 12.0. The van der Waals surface area contributed by atoms with E-state index < -0.39 is 0 Å². The SMILES string of the molecule is COc1cc(/C=N\NC(=O)CSc2ccccc2F)cc(Cl)c1OC. The van der Waals surface area contributed by atoms with Crippen molar-refractivity contribution in [1.29, 1.82) is 0 Å². The monoisotopic (exact) mass is 382 g/mol. The van der Waals surface area contributed by atoms with Crippen LogP contribution in [0, 0.1) is 5.82 Å².